The average molecular weight is 425 g/mol. The Morgan fingerprint density at radius 3 is 2.59 bits per heavy atom. The second-order valence-electron chi connectivity index (χ2n) is 7.01. The molecule has 0 saturated carbocycles. The molecule has 8 heteroatoms. The lowest BCUT2D eigenvalue weighted by Gasteiger charge is -2.10. The Hall–Kier alpha value is -2.54. The third kappa shape index (κ3) is 5.09. The Bertz CT molecular complexity index is 1040. The Morgan fingerprint density at radius 2 is 1.93 bits per heavy atom. The highest BCUT2D eigenvalue weighted by molar-refractivity contribution is 6.30. The van der Waals surface area contributed by atoms with Crippen LogP contribution < -0.4 is 0 Å². The Morgan fingerprint density at radius 1 is 1.17 bits per heavy atom. The van der Waals surface area contributed by atoms with Crippen molar-refractivity contribution in [2.24, 2.45) is 0 Å². The molecule has 3 aromatic rings. The number of rotatable bonds is 7. The molecule has 0 aliphatic rings. The van der Waals surface area contributed by atoms with Gasteiger partial charge in [-0.05, 0) is 61.6 Å². The van der Waals surface area contributed by atoms with E-state index in [0.717, 1.165) is 23.3 Å². The van der Waals surface area contributed by atoms with Gasteiger partial charge in [0, 0.05) is 16.8 Å². The summed E-state index contributed by atoms with van der Waals surface area (Å²) < 4.78 is 41.2. The third-order valence-corrected chi connectivity index (χ3v) is 5.07. The SMILES string of the molecule is Cc1cc(Cl)ccc1Cn1nc(CCCCC(=O)O)c2ccc(C(F)(F)F)cc21. The fraction of sp³-hybridized carbons (Fsp3) is 0.333. The van der Waals surface area contributed by atoms with Gasteiger partial charge >= 0.3 is 12.1 Å². The van der Waals surface area contributed by atoms with Crippen LogP contribution in [0.15, 0.2) is 36.4 Å². The Balaban J connectivity index is 1.98. The van der Waals surface area contributed by atoms with E-state index in [1.54, 1.807) is 16.8 Å². The maximum atomic E-state index is 13.2. The van der Waals surface area contributed by atoms with Gasteiger partial charge < -0.3 is 5.11 Å². The summed E-state index contributed by atoms with van der Waals surface area (Å²) in [6, 6.07) is 9.01. The number of hydrogen-bond acceptors (Lipinski definition) is 2. The first-order chi connectivity index (χ1) is 13.6. The molecule has 0 unspecified atom stereocenters. The smallest absolute Gasteiger partial charge is 0.416 e. The van der Waals surface area contributed by atoms with Gasteiger partial charge in [-0.3, -0.25) is 9.48 Å². The zero-order valence-electron chi connectivity index (χ0n) is 15.8. The topological polar surface area (TPSA) is 55.1 Å². The minimum Gasteiger partial charge on any atom is -0.481 e. The maximum absolute atomic E-state index is 13.2. The summed E-state index contributed by atoms with van der Waals surface area (Å²) in [5, 5.41) is 14.6. The van der Waals surface area contributed by atoms with Gasteiger partial charge in [0.05, 0.1) is 23.3 Å². The van der Waals surface area contributed by atoms with E-state index in [1.165, 1.54) is 6.07 Å². The lowest BCUT2D eigenvalue weighted by molar-refractivity contribution is -0.138. The molecule has 0 aliphatic carbocycles. The molecule has 0 fully saturated rings. The van der Waals surface area contributed by atoms with E-state index in [1.807, 2.05) is 13.0 Å². The number of carbonyl (C=O) groups is 1. The lowest BCUT2D eigenvalue weighted by atomic mass is 10.1. The van der Waals surface area contributed by atoms with Gasteiger partial charge in [-0.1, -0.05) is 23.7 Å². The van der Waals surface area contributed by atoms with Crippen LogP contribution in [0.5, 0.6) is 0 Å². The number of carboxylic acid groups (broad SMARTS) is 1. The van der Waals surface area contributed by atoms with E-state index in [2.05, 4.69) is 5.10 Å². The number of fused-ring (bicyclic) bond motifs is 1. The minimum atomic E-state index is -4.44. The molecule has 2 aromatic carbocycles. The van der Waals surface area contributed by atoms with Crippen molar-refractivity contribution in [2.45, 2.75) is 45.3 Å². The average Bonchev–Trinajstić information content (AvgIpc) is 2.97. The van der Waals surface area contributed by atoms with Gasteiger partial charge in [0.1, 0.15) is 0 Å². The number of carboxylic acids is 1. The highest BCUT2D eigenvalue weighted by Crippen LogP contribution is 2.33. The van der Waals surface area contributed by atoms with Crippen molar-refractivity contribution in [1.29, 1.82) is 0 Å². The van der Waals surface area contributed by atoms with Crippen LogP contribution in [-0.4, -0.2) is 20.9 Å². The quantitative estimate of drug-likeness (QED) is 0.483. The molecule has 0 atom stereocenters. The van der Waals surface area contributed by atoms with Crippen LogP contribution in [0.25, 0.3) is 10.9 Å². The first-order valence-corrected chi connectivity index (χ1v) is 9.56. The van der Waals surface area contributed by atoms with Gasteiger partial charge in [0.2, 0.25) is 0 Å². The second kappa shape index (κ2) is 8.45. The van der Waals surface area contributed by atoms with Crippen molar-refractivity contribution in [2.75, 3.05) is 0 Å². The van der Waals surface area contributed by atoms with Crippen LogP contribution in [0, 0.1) is 6.92 Å². The summed E-state index contributed by atoms with van der Waals surface area (Å²) in [6.45, 7) is 2.21. The van der Waals surface area contributed by atoms with Crippen molar-refractivity contribution < 1.29 is 23.1 Å². The molecule has 4 nitrogen and oxygen atoms in total. The number of nitrogens with zero attached hydrogens (tertiary/aromatic N) is 2. The summed E-state index contributed by atoms with van der Waals surface area (Å²) in [5.41, 5.74) is 2.19. The monoisotopic (exact) mass is 424 g/mol. The van der Waals surface area contributed by atoms with Gasteiger partial charge in [-0.25, -0.2) is 0 Å². The molecule has 0 aliphatic heterocycles. The molecule has 29 heavy (non-hydrogen) atoms. The Labute approximate surface area is 170 Å². The second-order valence-corrected chi connectivity index (χ2v) is 7.44. The van der Waals surface area contributed by atoms with Crippen LogP contribution in [-0.2, 0) is 23.9 Å². The number of aliphatic carboxylic acids is 1. The number of benzene rings is 2. The zero-order valence-corrected chi connectivity index (χ0v) is 16.5. The number of alkyl halides is 3. The van der Waals surface area contributed by atoms with Gasteiger partial charge in [0.25, 0.3) is 0 Å². The van der Waals surface area contributed by atoms with E-state index < -0.39 is 17.7 Å². The highest BCUT2D eigenvalue weighted by Gasteiger charge is 2.31. The molecule has 0 amide bonds. The van der Waals surface area contributed by atoms with Gasteiger partial charge in [0.15, 0.2) is 0 Å². The van der Waals surface area contributed by atoms with Crippen molar-refractivity contribution in [3.63, 3.8) is 0 Å². The van der Waals surface area contributed by atoms with Crippen LogP contribution in [0.2, 0.25) is 5.02 Å². The molecule has 0 radical (unpaired) electrons. The molecule has 0 saturated heterocycles. The van der Waals surface area contributed by atoms with Crippen molar-refractivity contribution in [3.8, 4) is 0 Å². The summed E-state index contributed by atoms with van der Waals surface area (Å²) in [6.07, 6.45) is -2.80. The molecule has 1 N–H and O–H groups in total. The van der Waals surface area contributed by atoms with Crippen molar-refractivity contribution in [3.05, 3.63) is 63.8 Å². The van der Waals surface area contributed by atoms with E-state index in [4.69, 9.17) is 16.7 Å². The molecule has 3 rings (SSSR count). The molecule has 154 valence electrons. The molecular weight excluding hydrogens is 405 g/mol. The fourth-order valence-electron chi connectivity index (χ4n) is 3.29. The van der Waals surface area contributed by atoms with E-state index >= 15 is 0 Å². The highest BCUT2D eigenvalue weighted by atomic mass is 35.5. The zero-order chi connectivity index (χ0) is 21.2. The standard InChI is InChI=1S/C21H20ClF3N2O2/c1-13-10-16(22)8-6-14(13)12-27-19-11-15(21(23,24)25)7-9-17(19)18(26-27)4-2-3-5-20(28)29/h6-11H,2-5,12H2,1H3,(H,28,29). The van der Waals surface area contributed by atoms with Gasteiger partial charge in [-0.15, -0.1) is 0 Å². The minimum absolute atomic E-state index is 0.0564. The summed E-state index contributed by atoms with van der Waals surface area (Å²) in [5.74, 6) is -0.867. The largest absolute Gasteiger partial charge is 0.481 e. The summed E-state index contributed by atoms with van der Waals surface area (Å²) in [7, 11) is 0. The number of hydrogen-bond donors (Lipinski definition) is 1. The molecular formula is C21H20ClF3N2O2. The van der Waals surface area contributed by atoms with E-state index in [9.17, 15) is 18.0 Å². The van der Waals surface area contributed by atoms with E-state index in [-0.39, 0.29) is 6.42 Å². The molecule has 0 bridgehead atoms. The molecule has 0 spiro atoms. The lowest BCUT2D eigenvalue weighted by Crippen LogP contribution is -2.07. The van der Waals surface area contributed by atoms with Crippen LogP contribution in [0.4, 0.5) is 13.2 Å². The van der Waals surface area contributed by atoms with Gasteiger partial charge in [-0.2, -0.15) is 18.3 Å². The number of unbranched alkanes of at least 4 members (excludes halogenated alkanes) is 1. The molecule has 1 heterocycles. The van der Waals surface area contributed by atoms with E-state index in [0.29, 0.717) is 47.4 Å². The van der Waals surface area contributed by atoms with Crippen LogP contribution in [0.1, 0.15) is 41.6 Å². The number of halogens is 4. The summed E-state index contributed by atoms with van der Waals surface area (Å²) >= 11 is 5.99. The fourth-order valence-corrected chi connectivity index (χ4v) is 3.52. The number of aryl methyl sites for hydroxylation is 2. The first kappa shape index (κ1) is 21.2. The predicted molar refractivity (Wildman–Crippen MR) is 105 cm³/mol. The van der Waals surface area contributed by atoms with Crippen LogP contribution in [0.3, 0.4) is 0 Å². The number of aromatic nitrogens is 2. The Kier molecular flexibility index (Phi) is 6.17. The third-order valence-electron chi connectivity index (χ3n) is 4.83. The first-order valence-electron chi connectivity index (χ1n) is 9.18. The van der Waals surface area contributed by atoms with Crippen molar-refractivity contribution in [1.82, 2.24) is 9.78 Å². The predicted octanol–water partition coefficient (Wildman–Crippen LogP) is 5.86. The summed E-state index contributed by atoms with van der Waals surface area (Å²) in [4.78, 5) is 10.7. The van der Waals surface area contributed by atoms with Crippen LogP contribution >= 0.6 is 11.6 Å². The maximum Gasteiger partial charge on any atom is 0.416 e. The van der Waals surface area contributed by atoms with Crippen molar-refractivity contribution >= 4 is 28.5 Å². The normalized spacial score (nSPS) is 11.9. The molecule has 1 aromatic heterocycles.